The molecule has 4 aromatic rings. The number of imidazole rings is 2. The molecule has 0 saturated heterocycles. The molecule has 0 aliphatic rings. The van der Waals surface area contributed by atoms with Gasteiger partial charge in [0.1, 0.15) is 12.3 Å². The number of ether oxygens (including phenoxy) is 2. The standard InChI is InChI=1S/C21H23N5O5/c1-5-30-15-9-7-14(8-10-15)26-13(3)11-24-17-18(22-20(24)26)23(4)21(29)25(19(17)28)12-16(27)31-6-2/h7-11H,5-6,12H2,1-4H3. The summed E-state index contributed by atoms with van der Waals surface area (Å²) < 4.78 is 16.1. The van der Waals surface area contributed by atoms with Crippen LogP contribution >= 0.6 is 0 Å². The fourth-order valence-electron chi connectivity index (χ4n) is 3.66. The third kappa shape index (κ3) is 3.29. The van der Waals surface area contributed by atoms with Crippen molar-refractivity contribution in [2.75, 3.05) is 13.2 Å². The first-order valence-corrected chi connectivity index (χ1v) is 9.96. The summed E-state index contributed by atoms with van der Waals surface area (Å²) in [5.74, 6) is 0.590. The van der Waals surface area contributed by atoms with E-state index < -0.39 is 23.8 Å². The zero-order valence-corrected chi connectivity index (χ0v) is 17.8. The van der Waals surface area contributed by atoms with Gasteiger partial charge in [0.2, 0.25) is 5.78 Å². The van der Waals surface area contributed by atoms with Crippen LogP contribution < -0.4 is 16.0 Å². The van der Waals surface area contributed by atoms with E-state index in [1.54, 1.807) is 17.5 Å². The molecule has 0 amide bonds. The van der Waals surface area contributed by atoms with Crippen LogP contribution in [0.25, 0.3) is 22.6 Å². The minimum absolute atomic E-state index is 0.164. The highest BCUT2D eigenvalue weighted by atomic mass is 16.5. The SMILES string of the molecule is CCOC(=O)Cn1c(=O)c2c(nc3n(-c4ccc(OCC)cc4)c(C)cn23)n(C)c1=O. The first-order chi connectivity index (χ1) is 14.9. The number of fused-ring (bicyclic) bond motifs is 3. The predicted octanol–water partition coefficient (Wildman–Crippen LogP) is 1.41. The first kappa shape index (κ1) is 20.5. The molecule has 3 aromatic heterocycles. The molecule has 3 heterocycles. The molecule has 1 aromatic carbocycles. The minimum atomic E-state index is -0.648. The molecule has 0 spiro atoms. The zero-order chi connectivity index (χ0) is 22.3. The second-order valence-corrected chi connectivity index (χ2v) is 7.02. The lowest BCUT2D eigenvalue weighted by atomic mass is 10.3. The van der Waals surface area contributed by atoms with E-state index >= 15 is 0 Å². The van der Waals surface area contributed by atoms with E-state index in [9.17, 15) is 14.4 Å². The Morgan fingerprint density at radius 3 is 2.45 bits per heavy atom. The van der Waals surface area contributed by atoms with E-state index in [0.717, 1.165) is 21.7 Å². The summed E-state index contributed by atoms with van der Waals surface area (Å²) in [5.41, 5.74) is 0.916. The number of carbonyl (C=O) groups excluding carboxylic acids is 1. The number of carbonyl (C=O) groups is 1. The molecule has 0 aliphatic carbocycles. The van der Waals surface area contributed by atoms with Gasteiger partial charge in [-0.1, -0.05) is 0 Å². The van der Waals surface area contributed by atoms with Gasteiger partial charge in [0.05, 0.1) is 13.2 Å². The maximum absolute atomic E-state index is 13.1. The van der Waals surface area contributed by atoms with Crippen molar-refractivity contribution >= 4 is 22.9 Å². The van der Waals surface area contributed by atoms with Crippen molar-refractivity contribution in [1.82, 2.24) is 23.1 Å². The molecule has 31 heavy (non-hydrogen) atoms. The highest BCUT2D eigenvalue weighted by Gasteiger charge is 2.22. The number of benzene rings is 1. The van der Waals surface area contributed by atoms with E-state index in [-0.39, 0.29) is 17.8 Å². The Morgan fingerprint density at radius 1 is 1.10 bits per heavy atom. The summed E-state index contributed by atoms with van der Waals surface area (Å²) >= 11 is 0. The molecule has 10 heteroatoms. The number of hydrogen-bond donors (Lipinski definition) is 0. The molecule has 0 fully saturated rings. The fourth-order valence-corrected chi connectivity index (χ4v) is 3.66. The molecule has 0 saturated carbocycles. The lowest BCUT2D eigenvalue weighted by Crippen LogP contribution is -2.41. The van der Waals surface area contributed by atoms with Gasteiger partial charge in [-0.3, -0.25) is 23.1 Å². The third-order valence-corrected chi connectivity index (χ3v) is 5.02. The highest BCUT2D eigenvalue weighted by molar-refractivity contribution is 5.77. The van der Waals surface area contributed by atoms with Gasteiger partial charge in [-0.2, -0.15) is 4.98 Å². The number of esters is 1. The van der Waals surface area contributed by atoms with Crippen LogP contribution in [0.5, 0.6) is 5.75 Å². The second-order valence-electron chi connectivity index (χ2n) is 7.02. The second kappa shape index (κ2) is 7.78. The average molecular weight is 425 g/mol. The Hall–Kier alpha value is -3.82. The zero-order valence-electron chi connectivity index (χ0n) is 17.8. The molecule has 10 nitrogen and oxygen atoms in total. The van der Waals surface area contributed by atoms with Crippen molar-refractivity contribution in [3.8, 4) is 11.4 Å². The summed E-state index contributed by atoms with van der Waals surface area (Å²) in [7, 11) is 1.52. The van der Waals surface area contributed by atoms with Crippen LogP contribution in [0.15, 0.2) is 40.1 Å². The number of hydrogen-bond acceptors (Lipinski definition) is 6. The van der Waals surface area contributed by atoms with E-state index in [1.165, 1.54) is 11.6 Å². The maximum Gasteiger partial charge on any atom is 0.333 e. The first-order valence-electron chi connectivity index (χ1n) is 9.96. The molecule has 0 N–H and O–H groups in total. The quantitative estimate of drug-likeness (QED) is 0.433. The van der Waals surface area contributed by atoms with E-state index in [4.69, 9.17) is 9.47 Å². The Labute approximate surface area is 176 Å². The summed E-state index contributed by atoms with van der Waals surface area (Å²) in [4.78, 5) is 42.3. The van der Waals surface area contributed by atoms with Crippen LogP contribution in [0.4, 0.5) is 0 Å². The van der Waals surface area contributed by atoms with Crippen LogP contribution in [0, 0.1) is 6.92 Å². The van der Waals surface area contributed by atoms with Crippen molar-refractivity contribution < 1.29 is 14.3 Å². The van der Waals surface area contributed by atoms with Gasteiger partial charge in [-0.15, -0.1) is 0 Å². The van der Waals surface area contributed by atoms with Crippen molar-refractivity contribution in [1.29, 1.82) is 0 Å². The van der Waals surface area contributed by atoms with Crippen LogP contribution in [-0.4, -0.2) is 42.3 Å². The van der Waals surface area contributed by atoms with E-state index in [1.807, 2.05) is 42.7 Å². The molecule has 0 bridgehead atoms. The van der Waals surface area contributed by atoms with Gasteiger partial charge in [0.15, 0.2) is 11.2 Å². The fraction of sp³-hybridized carbons (Fsp3) is 0.333. The Morgan fingerprint density at radius 2 is 1.81 bits per heavy atom. The Kier molecular flexibility index (Phi) is 5.14. The summed E-state index contributed by atoms with van der Waals surface area (Å²) in [6.45, 7) is 5.76. The summed E-state index contributed by atoms with van der Waals surface area (Å²) in [6.07, 6.45) is 1.78. The predicted molar refractivity (Wildman–Crippen MR) is 114 cm³/mol. The average Bonchev–Trinajstić information content (AvgIpc) is 3.25. The van der Waals surface area contributed by atoms with Crippen LogP contribution in [-0.2, 0) is 23.1 Å². The Balaban J connectivity index is 1.94. The lowest BCUT2D eigenvalue weighted by molar-refractivity contribution is -0.143. The van der Waals surface area contributed by atoms with Crippen molar-refractivity contribution in [3.05, 3.63) is 57.0 Å². The van der Waals surface area contributed by atoms with Crippen molar-refractivity contribution in [2.24, 2.45) is 7.05 Å². The summed E-state index contributed by atoms with van der Waals surface area (Å²) in [5, 5.41) is 0. The van der Waals surface area contributed by atoms with Gasteiger partial charge in [-0.05, 0) is 45.0 Å². The Bertz CT molecular complexity index is 1400. The highest BCUT2D eigenvalue weighted by Crippen LogP contribution is 2.22. The van der Waals surface area contributed by atoms with Gasteiger partial charge >= 0.3 is 11.7 Å². The minimum Gasteiger partial charge on any atom is -0.494 e. The van der Waals surface area contributed by atoms with Crippen molar-refractivity contribution in [3.63, 3.8) is 0 Å². The normalized spacial score (nSPS) is 11.4. The monoisotopic (exact) mass is 425 g/mol. The summed E-state index contributed by atoms with van der Waals surface area (Å²) in [6, 6.07) is 7.52. The van der Waals surface area contributed by atoms with Gasteiger partial charge in [-0.25, -0.2) is 9.36 Å². The molecule has 4 rings (SSSR count). The third-order valence-electron chi connectivity index (χ3n) is 5.02. The number of rotatable bonds is 6. The van der Waals surface area contributed by atoms with Gasteiger partial charge in [0, 0.05) is 24.6 Å². The van der Waals surface area contributed by atoms with Crippen LogP contribution in [0.1, 0.15) is 19.5 Å². The topological polar surface area (TPSA) is 102 Å². The lowest BCUT2D eigenvalue weighted by Gasteiger charge is -2.08. The van der Waals surface area contributed by atoms with Crippen molar-refractivity contribution in [2.45, 2.75) is 27.3 Å². The number of aryl methyl sites for hydroxylation is 2. The smallest absolute Gasteiger partial charge is 0.333 e. The maximum atomic E-state index is 13.1. The van der Waals surface area contributed by atoms with E-state index in [2.05, 4.69) is 4.98 Å². The molecule has 162 valence electrons. The van der Waals surface area contributed by atoms with Crippen LogP contribution in [0.3, 0.4) is 0 Å². The van der Waals surface area contributed by atoms with Crippen LogP contribution in [0.2, 0.25) is 0 Å². The molecule has 0 aliphatic heterocycles. The largest absolute Gasteiger partial charge is 0.494 e. The molecular weight excluding hydrogens is 402 g/mol. The van der Waals surface area contributed by atoms with Gasteiger partial charge < -0.3 is 9.47 Å². The van der Waals surface area contributed by atoms with Gasteiger partial charge in [0.25, 0.3) is 5.56 Å². The molecule has 0 radical (unpaired) electrons. The molecule has 0 atom stereocenters. The number of nitrogens with zero attached hydrogens (tertiary/aromatic N) is 5. The van der Waals surface area contributed by atoms with E-state index in [0.29, 0.717) is 12.4 Å². The number of aromatic nitrogens is 5. The molecule has 0 unspecified atom stereocenters. The molecular formula is C21H23N5O5.